The molecule has 64 valence electrons. The van der Waals surface area contributed by atoms with Crippen molar-refractivity contribution in [1.29, 1.82) is 0 Å². The Hall–Kier alpha value is -1.03. The highest BCUT2D eigenvalue weighted by Crippen LogP contribution is 2.20. The Kier molecular flexibility index (Phi) is 3.10. The molecular formula is C8H8BrNO2. The number of rotatable bonds is 2. The van der Waals surface area contributed by atoms with Gasteiger partial charge in [0.2, 0.25) is 0 Å². The lowest BCUT2D eigenvalue weighted by molar-refractivity contribution is 0.321. The molecule has 12 heavy (non-hydrogen) atoms. The third-order valence-electron chi connectivity index (χ3n) is 1.39. The lowest BCUT2D eigenvalue weighted by Crippen LogP contribution is -1.90. The van der Waals surface area contributed by atoms with E-state index in [-0.39, 0.29) is 0 Å². The molecule has 0 fully saturated rings. The number of benzene rings is 1. The summed E-state index contributed by atoms with van der Waals surface area (Å²) in [6, 6.07) is 5.45. The molecule has 0 atom stereocenters. The molecule has 0 aliphatic heterocycles. The van der Waals surface area contributed by atoms with E-state index in [0.29, 0.717) is 5.75 Å². The van der Waals surface area contributed by atoms with Gasteiger partial charge < -0.3 is 9.94 Å². The summed E-state index contributed by atoms with van der Waals surface area (Å²) in [5.41, 5.74) is 0.731. The number of nitrogens with zero attached hydrogens (tertiary/aromatic N) is 1. The summed E-state index contributed by atoms with van der Waals surface area (Å²) >= 11 is 3.30. The fourth-order valence-electron chi connectivity index (χ4n) is 0.868. The highest BCUT2D eigenvalue weighted by molar-refractivity contribution is 9.10. The van der Waals surface area contributed by atoms with Crippen molar-refractivity contribution in [2.45, 2.75) is 0 Å². The molecule has 0 aliphatic rings. The monoisotopic (exact) mass is 229 g/mol. The van der Waals surface area contributed by atoms with Crippen LogP contribution in [-0.2, 0) is 0 Å². The van der Waals surface area contributed by atoms with Gasteiger partial charge in [-0.3, -0.25) is 0 Å². The van der Waals surface area contributed by atoms with Gasteiger partial charge in [-0.25, -0.2) is 0 Å². The van der Waals surface area contributed by atoms with Crippen molar-refractivity contribution in [2.24, 2.45) is 5.16 Å². The van der Waals surface area contributed by atoms with Crippen molar-refractivity contribution in [2.75, 3.05) is 7.11 Å². The first kappa shape index (κ1) is 9.06. The zero-order valence-electron chi connectivity index (χ0n) is 6.49. The van der Waals surface area contributed by atoms with Gasteiger partial charge in [0, 0.05) is 10.0 Å². The van der Waals surface area contributed by atoms with Gasteiger partial charge in [0.15, 0.2) is 0 Å². The van der Waals surface area contributed by atoms with Gasteiger partial charge >= 0.3 is 0 Å². The minimum atomic E-state index is 0.677. The predicted octanol–water partition coefficient (Wildman–Crippen LogP) is 2.27. The molecule has 4 heteroatoms. The number of hydrogen-bond acceptors (Lipinski definition) is 3. The number of hydrogen-bond donors (Lipinski definition) is 1. The first-order chi connectivity index (χ1) is 5.77. The second-order valence-corrected chi connectivity index (χ2v) is 3.05. The number of ether oxygens (including phenoxy) is 1. The molecular weight excluding hydrogens is 222 g/mol. The van der Waals surface area contributed by atoms with Gasteiger partial charge in [0.1, 0.15) is 5.75 Å². The number of methoxy groups -OCH3 is 1. The molecule has 0 radical (unpaired) electrons. The summed E-state index contributed by atoms with van der Waals surface area (Å²) in [7, 11) is 1.57. The lowest BCUT2D eigenvalue weighted by atomic mass is 10.2. The van der Waals surface area contributed by atoms with Gasteiger partial charge in [-0.1, -0.05) is 21.1 Å². The number of oxime groups is 1. The van der Waals surface area contributed by atoms with E-state index < -0.39 is 0 Å². The third-order valence-corrected chi connectivity index (χ3v) is 1.88. The minimum absolute atomic E-state index is 0.677. The van der Waals surface area contributed by atoms with Gasteiger partial charge in [-0.2, -0.15) is 0 Å². The van der Waals surface area contributed by atoms with E-state index in [1.165, 1.54) is 6.21 Å². The van der Waals surface area contributed by atoms with Crippen molar-refractivity contribution >= 4 is 22.1 Å². The van der Waals surface area contributed by atoms with E-state index in [2.05, 4.69) is 21.1 Å². The molecule has 0 unspecified atom stereocenters. The van der Waals surface area contributed by atoms with Crippen LogP contribution in [0.5, 0.6) is 5.75 Å². The zero-order chi connectivity index (χ0) is 8.97. The van der Waals surface area contributed by atoms with Crippen LogP contribution in [0, 0.1) is 0 Å². The maximum Gasteiger partial charge on any atom is 0.127 e. The Morgan fingerprint density at radius 3 is 2.92 bits per heavy atom. The summed E-state index contributed by atoms with van der Waals surface area (Å²) < 4.78 is 5.94. The van der Waals surface area contributed by atoms with E-state index >= 15 is 0 Å². The Morgan fingerprint density at radius 2 is 2.33 bits per heavy atom. The van der Waals surface area contributed by atoms with Gasteiger partial charge in [-0.05, 0) is 18.2 Å². The molecule has 0 amide bonds. The minimum Gasteiger partial charge on any atom is -0.496 e. The molecule has 0 aliphatic carbocycles. The first-order valence-electron chi connectivity index (χ1n) is 3.29. The summed E-state index contributed by atoms with van der Waals surface area (Å²) in [5, 5.41) is 11.3. The van der Waals surface area contributed by atoms with Crippen LogP contribution in [0.25, 0.3) is 0 Å². The fourth-order valence-corrected chi connectivity index (χ4v) is 1.25. The summed E-state index contributed by atoms with van der Waals surface area (Å²) in [5.74, 6) is 0.677. The summed E-state index contributed by atoms with van der Waals surface area (Å²) in [6.07, 6.45) is 1.32. The van der Waals surface area contributed by atoms with Crippen molar-refractivity contribution in [1.82, 2.24) is 0 Å². The molecule has 1 aromatic rings. The summed E-state index contributed by atoms with van der Waals surface area (Å²) in [6.45, 7) is 0. The molecule has 0 saturated heterocycles. The molecule has 1 N–H and O–H groups in total. The van der Waals surface area contributed by atoms with Crippen LogP contribution in [0.4, 0.5) is 0 Å². The van der Waals surface area contributed by atoms with Gasteiger partial charge in [-0.15, -0.1) is 0 Å². The van der Waals surface area contributed by atoms with Crippen LogP contribution >= 0.6 is 15.9 Å². The SMILES string of the molecule is COc1ccc(Br)cc1C=NO. The maximum absolute atomic E-state index is 8.33. The van der Waals surface area contributed by atoms with Crippen LogP contribution in [0.3, 0.4) is 0 Å². The average molecular weight is 230 g/mol. The van der Waals surface area contributed by atoms with E-state index in [0.717, 1.165) is 10.0 Å². The van der Waals surface area contributed by atoms with Crippen molar-refractivity contribution in [3.05, 3.63) is 28.2 Å². The largest absolute Gasteiger partial charge is 0.496 e. The first-order valence-corrected chi connectivity index (χ1v) is 4.08. The van der Waals surface area contributed by atoms with Crippen LogP contribution in [0.15, 0.2) is 27.8 Å². The predicted molar refractivity (Wildman–Crippen MR) is 50.1 cm³/mol. The Morgan fingerprint density at radius 1 is 1.58 bits per heavy atom. The molecule has 0 heterocycles. The zero-order valence-corrected chi connectivity index (χ0v) is 8.08. The topological polar surface area (TPSA) is 41.8 Å². The Balaban J connectivity index is 3.12. The van der Waals surface area contributed by atoms with E-state index in [1.807, 2.05) is 6.07 Å². The van der Waals surface area contributed by atoms with Crippen molar-refractivity contribution in [3.8, 4) is 5.75 Å². The van der Waals surface area contributed by atoms with Crippen LogP contribution in [0.1, 0.15) is 5.56 Å². The van der Waals surface area contributed by atoms with Gasteiger partial charge in [0.05, 0.1) is 13.3 Å². The van der Waals surface area contributed by atoms with E-state index in [9.17, 15) is 0 Å². The molecule has 3 nitrogen and oxygen atoms in total. The lowest BCUT2D eigenvalue weighted by Gasteiger charge is -2.03. The molecule has 0 bridgehead atoms. The van der Waals surface area contributed by atoms with Crippen LogP contribution in [-0.4, -0.2) is 18.5 Å². The fraction of sp³-hybridized carbons (Fsp3) is 0.125. The van der Waals surface area contributed by atoms with Crippen LogP contribution in [0.2, 0.25) is 0 Å². The molecule has 0 saturated carbocycles. The van der Waals surface area contributed by atoms with Gasteiger partial charge in [0.25, 0.3) is 0 Å². The Bertz CT molecular complexity index is 299. The van der Waals surface area contributed by atoms with Crippen LogP contribution < -0.4 is 4.74 Å². The second kappa shape index (κ2) is 4.11. The summed E-state index contributed by atoms with van der Waals surface area (Å²) in [4.78, 5) is 0. The average Bonchev–Trinajstić information content (AvgIpc) is 2.05. The highest BCUT2D eigenvalue weighted by Gasteiger charge is 1.99. The van der Waals surface area contributed by atoms with E-state index in [1.54, 1.807) is 19.2 Å². The quantitative estimate of drug-likeness (QED) is 0.481. The molecule has 1 aromatic carbocycles. The normalized spacial score (nSPS) is 10.5. The third kappa shape index (κ3) is 1.98. The second-order valence-electron chi connectivity index (χ2n) is 2.13. The molecule has 1 rings (SSSR count). The number of halogens is 1. The molecule has 0 spiro atoms. The highest BCUT2D eigenvalue weighted by atomic mass is 79.9. The maximum atomic E-state index is 8.33. The van der Waals surface area contributed by atoms with E-state index in [4.69, 9.17) is 9.94 Å². The smallest absolute Gasteiger partial charge is 0.127 e. The Labute approximate surface area is 78.8 Å². The molecule has 0 aromatic heterocycles. The van der Waals surface area contributed by atoms with Crippen molar-refractivity contribution in [3.63, 3.8) is 0 Å². The van der Waals surface area contributed by atoms with Crippen molar-refractivity contribution < 1.29 is 9.94 Å². The standard InChI is InChI=1S/C8H8BrNO2/c1-12-8-3-2-7(9)4-6(8)5-10-11/h2-5,11H,1H3.